The van der Waals surface area contributed by atoms with Gasteiger partial charge in [-0.15, -0.1) is 0 Å². The molecule has 1 fully saturated rings. The van der Waals surface area contributed by atoms with Crippen LogP contribution in [0.1, 0.15) is 31.2 Å². The van der Waals surface area contributed by atoms with Crippen LogP contribution in [0, 0.1) is 22.6 Å². The van der Waals surface area contributed by atoms with E-state index >= 15 is 0 Å². The lowest BCUT2D eigenvalue weighted by Crippen LogP contribution is -2.30. The molecule has 0 bridgehead atoms. The van der Waals surface area contributed by atoms with Crippen LogP contribution < -0.4 is 4.90 Å². The summed E-state index contributed by atoms with van der Waals surface area (Å²) in [7, 11) is 0. The third-order valence-corrected chi connectivity index (χ3v) is 6.00. The molecule has 0 amide bonds. The number of nitrogens with zero attached hydrogens (tertiary/aromatic N) is 2. The Morgan fingerprint density at radius 1 is 1.11 bits per heavy atom. The molecule has 2 heterocycles. The van der Waals surface area contributed by atoms with Crippen LogP contribution in [0.5, 0.6) is 0 Å². The minimum atomic E-state index is -0.200. The molecule has 0 unspecified atom stereocenters. The lowest BCUT2D eigenvalue weighted by atomic mass is 9.78. The highest BCUT2D eigenvalue weighted by Crippen LogP contribution is 2.36. The Bertz CT molecular complexity index is 852. The molecule has 0 spiro atoms. The Hall–Kier alpha value is -2.38. The highest BCUT2D eigenvalue weighted by molar-refractivity contribution is 5.70. The van der Waals surface area contributed by atoms with Crippen molar-refractivity contribution in [3.05, 3.63) is 53.8 Å². The molecule has 4 rings (SSSR count). The summed E-state index contributed by atoms with van der Waals surface area (Å²) in [5.41, 5.74) is 4.42. The molecule has 0 atom stereocenters. The van der Waals surface area contributed by atoms with Gasteiger partial charge in [0.05, 0.1) is 11.5 Å². The molecule has 2 aromatic carbocycles. The van der Waals surface area contributed by atoms with Crippen LogP contribution in [-0.4, -0.2) is 26.3 Å². The fourth-order valence-electron chi connectivity index (χ4n) is 4.34. The Labute approximate surface area is 160 Å². The summed E-state index contributed by atoms with van der Waals surface area (Å²) in [4.78, 5) is 2.43. The maximum Gasteiger partial charge on any atom is 0.123 e. The van der Waals surface area contributed by atoms with E-state index in [9.17, 15) is 9.65 Å². The van der Waals surface area contributed by atoms with Crippen molar-refractivity contribution in [2.75, 3.05) is 31.2 Å². The lowest BCUT2D eigenvalue weighted by molar-refractivity contribution is 0.0364. The maximum atomic E-state index is 13.5. The number of fused-ring (bicyclic) bond motifs is 1. The molecule has 0 saturated carbocycles. The van der Waals surface area contributed by atoms with Gasteiger partial charge in [0.15, 0.2) is 0 Å². The van der Waals surface area contributed by atoms with Crippen LogP contribution in [0.25, 0.3) is 11.1 Å². The van der Waals surface area contributed by atoms with Crippen molar-refractivity contribution >= 4 is 5.69 Å². The molecule has 0 aliphatic carbocycles. The van der Waals surface area contributed by atoms with Crippen LogP contribution in [0.3, 0.4) is 0 Å². The molecular formula is C23H25FN2O. The summed E-state index contributed by atoms with van der Waals surface area (Å²) in [5, 5.41) is 9.60. The zero-order valence-corrected chi connectivity index (χ0v) is 15.6. The first kappa shape index (κ1) is 18.0. The van der Waals surface area contributed by atoms with Crippen molar-refractivity contribution in [3.8, 4) is 17.2 Å². The second-order valence-corrected chi connectivity index (χ2v) is 7.70. The molecule has 4 heteroatoms. The number of benzene rings is 2. The van der Waals surface area contributed by atoms with Crippen molar-refractivity contribution in [1.29, 1.82) is 5.26 Å². The Morgan fingerprint density at radius 3 is 2.70 bits per heavy atom. The number of ether oxygens (including phenoxy) is 1. The predicted molar refractivity (Wildman–Crippen MR) is 105 cm³/mol. The number of nitriles is 1. The number of hydrogen-bond donors (Lipinski definition) is 0. The van der Waals surface area contributed by atoms with Gasteiger partial charge in [0.2, 0.25) is 0 Å². The molecule has 2 aromatic rings. The molecule has 27 heavy (non-hydrogen) atoms. The normalized spacial score (nSPS) is 18.1. The van der Waals surface area contributed by atoms with E-state index in [-0.39, 0.29) is 11.2 Å². The second kappa shape index (κ2) is 7.70. The van der Waals surface area contributed by atoms with Crippen LogP contribution in [-0.2, 0) is 11.2 Å². The second-order valence-electron chi connectivity index (χ2n) is 7.70. The van der Waals surface area contributed by atoms with Gasteiger partial charge in [-0.05, 0) is 73.1 Å². The first-order valence-corrected chi connectivity index (χ1v) is 9.82. The van der Waals surface area contributed by atoms with Crippen LogP contribution in [0.2, 0.25) is 0 Å². The van der Waals surface area contributed by atoms with Crippen molar-refractivity contribution in [1.82, 2.24) is 0 Å². The molecule has 140 valence electrons. The highest BCUT2D eigenvalue weighted by atomic mass is 19.1. The molecule has 1 saturated heterocycles. The third-order valence-electron chi connectivity index (χ3n) is 6.00. The van der Waals surface area contributed by atoms with E-state index in [4.69, 9.17) is 4.74 Å². The summed E-state index contributed by atoms with van der Waals surface area (Å²) in [6.45, 7) is 3.42. The SMILES string of the molecule is N#CC1(CCCN2CCc3cc(-c4cccc(F)c4)ccc32)CCOCC1. The third kappa shape index (κ3) is 3.84. The smallest absolute Gasteiger partial charge is 0.123 e. The summed E-state index contributed by atoms with van der Waals surface area (Å²) >= 11 is 0. The van der Waals surface area contributed by atoms with E-state index in [1.807, 2.05) is 6.07 Å². The standard InChI is InChI=1S/C23H25FN2O/c24-21-4-1-3-18(16-21)19-5-6-22-20(15-19)7-12-26(22)11-2-8-23(17-25)9-13-27-14-10-23/h1,3-6,15-16H,2,7-14H2. The molecule has 0 aromatic heterocycles. The molecule has 3 nitrogen and oxygen atoms in total. The summed E-state index contributed by atoms with van der Waals surface area (Å²) in [6.07, 6.45) is 4.71. The fourth-order valence-corrected chi connectivity index (χ4v) is 4.34. The van der Waals surface area contributed by atoms with Crippen LogP contribution in [0.15, 0.2) is 42.5 Å². The largest absolute Gasteiger partial charge is 0.381 e. The number of halogens is 1. The van der Waals surface area contributed by atoms with Crippen molar-refractivity contribution in [2.24, 2.45) is 5.41 Å². The van der Waals surface area contributed by atoms with E-state index in [1.54, 1.807) is 12.1 Å². The predicted octanol–water partition coefficient (Wildman–Crippen LogP) is 4.96. The van der Waals surface area contributed by atoms with Gasteiger partial charge in [0.1, 0.15) is 5.82 Å². The Balaban J connectivity index is 1.41. The van der Waals surface area contributed by atoms with Gasteiger partial charge < -0.3 is 9.64 Å². The van der Waals surface area contributed by atoms with Gasteiger partial charge >= 0.3 is 0 Å². The van der Waals surface area contributed by atoms with Crippen molar-refractivity contribution in [2.45, 2.75) is 32.1 Å². The minimum absolute atomic E-state index is 0.192. The summed E-state index contributed by atoms with van der Waals surface area (Å²) in [5.74, 6) is -0.200. The van der Waals surface area contributed by atoms with E-state index in [0.717, 1.165) is 56.3 Å². The summed E-state index contributed by atoms with van der Waals surface area (Å²) in [6, 6.07) is 15.8. The first-order valence-electron chi connectivity index (χ1n) is 9.82. The molecular weight excluding hydrogens is 339 g/mol. The topological polar surface area (TPSA) is 36.3 Å². The molecule has 2 aliphatic rings. The fraction of sp³-hybridized carbons (Fsp3) is 0.435. The van der Waals surface area contributed by atoms with Gasteiger partial charge in [-0.1, -0.05) is 18.2 Å². The van der Waals surface area contributed by atoms with E-state index in [0.29, 0.717) is 13.2 Å². The minimum Gasteiger partial charge on any atom is -0.381 e. The van der Waals surface area contributed by atoms with Gasteiger partial charge in [-0.2, -0.15) is 5.26 Å². The number of rotatable bonds is 5. The zero-order valence-electron chi connectivity index (χ0n) is 15.6. The highest BCUT2D eigenvalue weighted by Gasteiger charge is 2.32. The average molecular weight is 364 g/mol. The first-order chi connectivity index (χ1) is 13.2. The quantitative estimate of drug-likeness (QED) is 0.753. The van der Waals surface area contributed by atoms with Crippen molar-refractivity contribution in [3.63, 3.8) is 0 Å². The molecule has 0 N–H and O–H groups in total. The lowest BCUT2D eigenvalue weighted by Gasteiger charge is -2.31. The van der Waals surface area contributed by atoms with Crippen LogP contribution in [0.4, 0.5) is 10.1 Å². The van der Waals surface area contributed by atoms with Gasteiger partial charge in [0.25, 0.3) is 0 Å². The van der Waals surface area contributed by atoms with Gasteiger partial charge in [0, 0.05) is 32.0 Å². The van der Waals surface area contributed by atoms with Gasteiger partial charge in [-0.25, -0.2) is 4.39 Å². The summed E-state index contributed by atoms with van der Waals surface area (Å²) < 4.78 is 18.9. The molecule has 0 radical (unpaired) electrons. The molecule has 2 aliphatic heterocycles. The Kier molecular flexibility index (Phi) is 5.13. The van der Waals surface area contributed by atoms with Crippen LogP contribution >= 0.6 is 0 Å². The van der Waals surface area contributed by atoms with Gasteiger partial charge in [-0.3, -0.25) is 0 Å². The maximum absolute atomic E-state index is 13.5. The van der Waals surface area contributed by atoms with E-state index in [1.165, 1.54) is 17.3 Å². The Morgan fingerprint density at radius 2 is 1.93 bits per heavy atom. The average Bonchev–Trinajstić information content (AvgIpc) is 3.11. The number of hydrogen-bond acceptors (Lipinski definition) is 3. The van der Waals surface area contributed by atoms with E-state index < -0.39 is 0 Å². The zero-order chi connectivity index (χ0) is 18.7. The van der Waals surface area contributed by atoms with Crippen molar-refractivity contribution < 1.29 is 9.13 Å². The number of anilines is 1. The monoisotopic (exact) mass is 364 g/mol. The van der Waals surface area contributed by atoms with E-state index in [2.05, 4.69) is 29.2 Å².